The highest BCUT2D eigenvalue weighted by molar-refractivity contribution is 5.76. The van der Waals surface area contributed by atoms with Crippen molar-refractivity contribution in [1.29, 1.82) is 0 Å². The fourth-order valence-electron chi connectivity index (χ4n) is 4.44. The summed E-state index contributed by atoms with van der Waals surface area (Å²) in [5.74, 6) is 0.513. The topological polar surface area (TPSA) is 58.4 Å². The van der Waals surface area contributed by atoms with Crippen LogP contribution < -0.4 is 5.56 Å². The van der Waals surface area contributed by atoms with Gasteiger partial charge in [-0.05, 0) is 32.8 Å². The SMILES string of the molecule is CCN(CC)C(=O)Cn1c(-c2ccc(C)cc2)nc2c(c1=O)CCN(Cc1ccccc1)C2. The molecule has 0 saturated carbocycles. The number of nitrogens with zero attached hydrogens (tertiary/aromatic N) is 4. The van der Waals surface area contributed by atoms with Gasteiger partial charge in [0.15, 0.2) is 0 Å². The Balaban J connectivity index is 1.72. The highest BCUT2D eigenvalue weighted by Crippen LogP contribution is 2.22. The Morgan fingerprint density at radius 1 is 1.03 bits per heavy atom. The van der Waals surface area contributed by atoms with Crippen molar-refractivity contribution >= 4 is 5.91 Å². The molecule has 1 amide bonds. The number of hydrogen-bond donors (Lipinski definition) is 0. The molecule has 4 rings (SSSR count). The van der Waals surface area contributed by atoms with E-state index in [1.807, 2.05) is 63.2 Å². The first-order valence-corrected chi connectivity index (χ1v) is 11.7. The third kappa shape index (κ3) is 5.06. The summed E-state index contributed by atoms with van der Waals surface area (Å²) < 4.78 is 1.58. The number of aryl methyl sites for hydroxylation is 1. The molecule has 6 nitrogen and oxygen atoms in total. The van der Waals surface area contributed by atoms with Crippen LogP contribution in [0.5, 0.6) is 0 Å². The Morgan fingerprint density at radius 3 is 2.39 bits per heavy atom. The molecule has 0 fully saturated rings. The minimum Gasteiger partial charge on any atom is -0.342 e. The third-order valence-corrected chi connectivity index (χ3v) is 6.37. The molecule has 1 aromatic heterocycles. The van der Waals surface area contributed by atoms with Gasteiger partial charge in [0.05, 0.1) is 5.69 Å². The van der Waals surface area contributed by atoms with Crippen LogP contribution in [0.3, 0.4) is 0 Å². The van der Waals surface area contributed by atoms with Crippen molar-refractivity contribution in [2.45, 2.75) is 46.8 Å². The summed E-state index contributed by atoms with van der Waals surface area (Å²) in [7, 11) is 0. The summed E-state index contributed by atoms with van der Waals surface area (Å²) in [6.07, 6.45) is 0.641. The average molecular weight is 445 g/mol. The summed E-state index contributed by atoms with van der Waals surface area (Å²) >= 11 is 0. The molecule has 0 bridgehead atoms. The van der Waals surface area contributed by atoms with Gasteiger partial charge in [-0.15, -0.1) is 0 Å². The smallest absolute Gasteiger partial charge is 0.257 e. The summed E-state index contributed by atoms with van der Waals surface area (Å²) in [5.41, 5.74) is 4.71. The van der Waals surface area contributed by atoms with Crippen LogP contribution in [-0.4, -0.2) is 44.9 Å². The highest BCUT2D eigenvalue weighted by Gasteiger charge is 2.25. The fraction of sp³-hybridized carbons (Fsp3) is 0.370. The maximum atomic E-state index is 13.6. The van der Waals surface area contributed by atoms with E-state index < -0.39 is 0 Å². The number of carbonyl (C=O) groups excluding carboxylic acids is 1. The largest absolute Gasteiger partial charge is 0.342 e. The van der Waals surface area contributed by atoms with E-state index in [4.69, 9.17) is 4.98 Å². The minimum absolute atomic E-state index is 0.0116. The Morgan fingerprint density at radius 2 is 1.73 bits per heavy atom. The Kier molecular flexibility index (Phi) is 7.04. The predicted octanol–water partition coefficient (Wildman–Crippen LogP) is 3.65. The van der Waals surface area contributed by atoms with Crippen LogP contribution in [-0.2, 0) is 30.8 Å². The molecule has 1 aliphatic heterocycles. The van der Waals surface area contributed by atoms with Crippen molar-refractivity contribution in [1.82, 2.24) is 19.4 Å². The Labute approximate surface area is 195 Å². The van der Waals surface area contributed by atoms with Crippen LogP contribution in [0.25, 0.3) is 11.4 Å². The van der Waals surface area contributed by atoms with Crippen LogP contribution in [0.2, 0.25) is 0 Å². The summed E-state index contributed by atoms with van der Waals surface area (Å²) in [4.78, 5) is 35.6. The molecule has 0 unspecified atom stereocenters. The summed E-state index contributed by atoms with van der Waals surface area (Å²) in [5, 5.41) is 0. The third-order valence-electron chi connectivity index (χ3n) is 6.37. The van der Waals surface area contributed by atoms with Crippen LogP contribution in [0.4, 0.5) is 0 Å². The Hall–Kier alpha value is -3.25. The number of amides is 1. The zero-order chi connectivity index (χ0) is 23.4. The molecule has 0 radical (unpaired) electrons. The van der Waals surface area contributed by atoms with Crippen LogP contribution in [0, 0.1) is 6.92 Å². The molecule has 172 valence electrons. The van der Waals surface area contributed by atoms with Gasteiger partial charge >= 0.3 is 0 Å². The fourth-order valence-corrected chi connectivity index (χ4v) is 4.44. The molecule has 2 aromatic carbocycles. The van der Waals surface area contributed by atoms with E-state index in [1.165, 1.54) is 5.56 Å². The van der Waals surface area contributed by atoms with Crippen LogP contribution in [0.15, 0.2) is 59.4 Å². The molecule has 33 heavy (non-hydrogen) atoms. The molecule has 1 aliphatic rings. The first-order chi connectivity index (χ1) is 16.0. The van der Waals surface area contributed by atoms with E-state index in [0.29, 0.717) is 31.9 Å². The molecule has 2 heterocycles. The monoisotopic (exact) mass is 444 g/mol. The lowest BCUT2D eigenvalue weighted by molar-refractivity contribution is -0.131. The molecule has 6 heteroatoms. The average Bonchev–Trinajstić information content (AvgIpc) is 2.83. The first-order valence-electron chi connectivity index (χ1n) is 11.7. The highest BCUT2D eigenvalue weighted by atomic mass is 16.2. The zero-order valence-corrected chi connectivity index (χ0v) is 19.8. The van der Waals surface area contributed by atoms with Crippen molar-refractivity contribution < 1.29 is 4.79 Å². The number of carbonyl (C=O) groups is 1. The number of benzene rings is 2. The predicted molar refractivity (Wildman–Crippen MR) is 131 cm³/mol. The summed E-state index contributed by atoms with van der Waals surface area (Å²) in [6.45, 7) is 9.45. The van der Waals surface area contributed by atoms with Gasteiger partial charge in [0.1, 0.15) is 12.4 Å². The molecular formula is C27H32N4O2. The quantitative estimate of drug-likeness (QED) is 0.558. The van der Waals surface area contributed by atoms with Crippen LogP contribution in [0.1, 0.15) is 36.2 Å². The molecule has 0 spiro atoms. The number of aromatic nitrogens is 2. The van der Waals surface area contributed by atoms with Gasteiger partial charge < -0.3 is 4.90 Å². The van der Waals surface area contributed by atoms with Gasteiger partial charge in [0.2, 0.25) is 5.91 Å². The lowest BCUT2D eigenvalue weighted by Gasteiger charge is -2.29. The van der Waals surface area contributed by atoms with E-state index in [2.05, 4.69) is 17.0 Å². The number of rotatable bonds is 7. The molecule has 3 aromatic rings. The van der Waals surface area contributed by atoms with E-state index in [-0.39, 0.29) is 18.0 Å². The van der Waals surface area contributed by atoms with E-state index in [1.54, 1.807) is 9.47 Å². The maximum absolute atomic E-state index is 13.6. The van der Waals surface area contributed by atoms with Crippen molar-refractivity contribution in [3.05, 3.63) is 87.3 Å². The minimum atomic E-state index is -0.0876. The maximum Gasteiger partial charge on any atom is 0.257 e. The normalized spacial score (nSPS) is 13.5. The molecule has 0 atom stereocenters. The van der Waals surface area contributed by atoms with E-state index in [0.717, 1.165) is 35.5 Å². The van der Waals surface area contributed by atoms with E-state index >= 15 is 0 Å². The number of likely N-dealkylation sites (N-methyl/N-ethyl adjacent to an activating group) is 1. The summed E-state index contributed by atoms with van der Waals surface area (Å²) in [6, 6.07) is 18.3. The number of hydrogen-bond acceptors (Lipinski definition) is 4. The molecule has 0 N–H and O–H groups in total. The van der Waals surface area contributed by atoms with Crippen molar-refractivity contribution in [3.8, 4) is 11.4 Å². The van der Waals surface area contributed by atoms with Gasteiger partial charge in [-0.2, -0.15) is 0 Å². The van der Waals surface area contributed by atoms with Crippen molar-refractivity contribution in [3.63, 3.8) is 0 Å². The Bertz CT molecular complexity index is 1170. The second-order valence-corrected chi connectivity index (χ2v) is 8.63. The molecule has 0 aliphatic carbocycles. The van der Waals surface area contributed by atoms with Gasteiger partial charge in [-0.1, -0.05) is 60.2 Å². The van der Waals surface area contributed by atoms with E-state index in [9.17, 15) is 9.59 Å². The second kappa shape index (κ2) is 10.1. The number of fused-ring (bicyclic) bond motifs is 1. The standard InChI is InChI=1S/C27H32N4O2/c1-4-30(5-2)25(32)19-31-26(22-13-11-20(3)12-14-22)28-24-18-29(16-15-23(24)27(31)33)17-21-9-7-6-8-10-21/h6-14H,4-5,15-19H2,1-3H3. The molecule has 0 saturated heterocycles. The van der Waals surface area contributed by atoms with Gasteiger partial charge in [-0.3, -0.25) is 19.1 Å². The van der Waals surface area contributed by atoms with Gasteiger partial charge in [-0.25, -0.2) is 4.98 Å². The van der Waals surface area contributed by atoms with Crippen molar-refractivity contribution in [2.75, 3.05) is 19.6 Å². The van der Waals surface area contributed by atoms with Crippen molar-refractivity contribution in [2.24, 2.45) is 0 Å². The van der Waals surface area contributed by atoms with Crippen LogP contribution >= 0.6 is 0 Å². The van der Waals surface area contributed by atoms with Gasteiger partial charge in [0, 0.05) is 43.9 Å². The molecular weight excluding hydrogens is 412 g/mol. The second-order valence-electron chi connectivity index (χ2n) is 8.63. The lowest BCUT2D eigenvalue weighted by atomic mass is 10.0. The lowest BCUT2D eigenvalue weighted by Crippen LogP contribution is -2.41. The first kappa shape index (κ1) is 22.9. The zero-order valence-electron chi connectivity index (χ0n) is 19.8. The van der Waals surface area contributed by atoms with Gasteiger partial charge in [0.25, 0.3) is 5.56 Å².